The number of nitrogens with zero attached hydrogens (tertiary/aromatic N) is 2. The molecule has 5 nitrogen and oxygen atoms in total. The summed E-state index contributed by atoms with van der Waals surface area (Å²) in [5.74, 6) is 0.0875. The van der Waals surface area contributed by atoms with Crippen molar-refractivity contribution in [3.63, 3.8) is 0 Å². The van der Waals surface area contributed by atoms with Crippen molar-refractivity contribution in [2.24, 2.45) is 0 Å². The zero-order chi connectivity index (χ0) is 18.6. The molecule has 0 saturated heterocycles. The third-order valence-corrected chi connectivity index (χ3v) is 4.32. The van der Waals surface area contributed by atoms with Crippen LogP contribution in [0.15, 0.2) is 36.4 Å². The van der Waals surface area contributed by atoms with E-state index >= 15 is 0 Å². The molecule has 26 heavy (non-hydrogen) atoms. The van der Waals surface area contributed by atoms with Crippen LogP contribution in [-0.4, -0.2) is 22.1 Å². The smallest absolute Gasteiger partial charge is 0.348 e. The van der Waals surface area contributed by atoms with Gasteiger partial charge in [0.2, 0.25) is 0 Å². The van der Waals surface area contributed by atoms with E-state index < -0.39 is 11.7 Å². The molecular weight excluding hydrogens is 345 g/mol. The second-order valence-electron chi connectivity index (χ2n) is 6.31. The topological polar surface area (TPSA) is 66.9 Å². The molecule has 1 amide bonds. The molecule has 1 heterocycles. The van der Waals surface area contributed by atoms with Crippen molar-refractivity contribution < 1.29 is 18.0 Å². The molecule has 2 aromatic rings. The first-order valence-electron chi connectivity index (χ1n) is 8.51. The minimum absolute atomic E-state index is 0.183. The van der Waals surface area contributed by atoms with Gasteiger partial charge in [-0.1, -0.05) is 19.3 Å². The predicted octanol–water partition coefficient (Wildman–Crippen LogP) is 4.30. The lowest BCUT2D eigenvalue weighted by molar-refractivity contribution is -0.137. The molecule has 1 aromatic heterocycles. The van der Waals surface area contributed by atoms with Crippen LogP contribution in [0.2, 0.25) is 0 Å². The normalized spacial score (nSPS) is 15.5. The molecule has 1 aliphatic carbocycles. The number of amides is 1. The predicted molar refractivity (Wildman–Crippen MR) is 91.1 cm³/mol. The summed E-state index contributed by atoms with van der Waals surface area (Å²) in [6, 6.07) is 7.90. The molecule has 1 fully saturated rings. The van der Waals surface area contributed by atoms with Crippen LogP contribution >= 0.6 is 0 Å². The number of rotatable bonds is 4. The quantitative estimate of drug-likeness (QED) is 0.849. The SMILES string of the molecule is O=C(NC1CCCCC1)c1ccc(Nc2ccc(C(F)(F)F)cc2)nn1. The van der Waals surface area contributed by atoms with Crippen molar-refractivity contribution in [1.29, 1.82) is 0 Å². The van der Waals surface area contributed by atoms with Gasteiger partial charge in [0.05, 0.1) is 5.56 Å². The zero-order valence-corrected chi connectivity index (χ0v) is 14.0. The van der Waals surface area contributed by atoms with Gasteiger partial charge in [-0.3, -0.25) is 4.79 Å². The van der Waals surface area contributed by atoms with E-state index in [0.717, 1.165) is 37.8 Å². The summed E-state index contributed by atoms with van der Waals surface area (Å²) in [7, 11) is 0. The van der Waals surface area contributed by atoms with Crippen molar-refractivity contribution in [2.75, 3.05) is 5.32 Å². The molecule has 0 aliphatic heterocycles. The minimum Gasteiger partial charge on any atom is -0.348 e. The van der Waals surface area contributed by atoms with Crippen LogP contribution in [0.4, 0.5) is 24.7 Å². The van der Waals surface area contributed by atoms with E-state index in [-0.39, 0.29) is 17.6 Å². The lowest BCUT2D eigenvalue weighted by Crippen LogP contribution is -2.36. The molecule has 0 unspecified atom stereocenters. The average Bonchev–Trinajstić information content (AvgIpc) is 2.63. The molecule has 0 spiro atoms. The highest BCUT2D eigenvalue weighted by Crippen LogP contribution is 2.30. The fourth-order valence-electron chi connectivity index (χ4n) is 2.92. The van der Waals surface area contributed by atoms with Crippen molar-refractivity contribution in [2.45, 2.75) is 44.3 Å². The second kappa shape index (κ2) is 7.72. The first-order valence-corrected chi connectivity index (χ1v) is 8.51. The number of hydrogen-bond acceptors (Lipinski definition) is 4. The van der Waals surface area contributed by atoms with E-state index in [9.17, 15) is 18.0 Å². The molecule has 1 saturated carbocycles. The van der Waals surface area contributed by atoms with Gasteiger partial charge in [-0.05, 0) is 49.2 Å². The van der Waals surface area contributed by atoms with Crippen LogP contribution in [-0.2, 0) is 6.18 Å². The summed E-state index contributed by atoms with van der Waals surface area (Å²) in [6.45, 7) is 0. The van der Waals surface area contributed by atoms with E-state index in [1.165, 1.54) is 24.6 Å². The Morgan fingerprint density at radius 2 is 1.65 bits per heavy atom. The maximum absolute atomic E-state index is 12.6. The van der Waals surface area contributed by atoms with Crippen LogP contribution in [0.3, 0.4) is 0 Å². The number of nitrogens with one attached hydrogen (secondary N) is 2. The Labute approximate surface area is 149 Å². The minimum atomic E-state index is -4.37. The van der Waals surface area contributed by atoms with Crippen LogP contribution in [0.25, 0.3) is 0 Å². The molecule has 8 heteroatoms. The van der Waals surface area contributed by atoms with E-state index in [0.29, 0.717) is 11.5 Å². The molecule has 138 valence electrons. The number of benzene rings is 1. The first kappa shape index (κ1) is 18.2. The van der Waals surface area contributed by atoms with Gasteiger partial charge in [-0.15, -0.1) is 10.2 Å². The number of halogens is 3. The average molecular weight is 364 g/mol. The van der Waals surface area contributed by atoms with E-state index in [4.69, 9.17) is 0 Å². The summed E-state index contributed by atoms with van der Waals surface area (Å²) in [6.07, 6.45) is 1.03. The third-order valence-electron chi connectivity index (χ3n) is 4.32. The van der Waals surface area contributed by atoms with E-state index in [1.54, 1.807) is 6.07 Å². The Kier molecular flexibility index (Phi) is 5.39. The lowest BCUT2D eigenvalue weighted by Gasteiger charge is -2.22. The van der Waals surface area contributed by atoms with Crippen LogP contribution in [0.1, 0.15) is 48.2 Å². The number of aromatic nitrogens is 2. The van der Waals surface area contributed by atoms with Crippen molar-refractivity contribution in [1.82, 2.24) is 15.5 Å². The summed E-state index contributed by atoms with van der Waals surface area (Å²) in [5.41, 5.74) is -0.0517. The number of anilines is 2. The molecule has 0 atom stereocenters. The fourth-order valence-corrected chi connectivity index (χ4v) is 2.92. The maximum atomic E-state index is 12.6. The Hall–Kier alpha value is -2.64. The van der Waals surface area contributed by atoms with Crippen LogP contribution in [0, 0.1) is 0 Å². The third kappa shape index (κ3) is 4.71. The summed E-state index contributed by atoms with van der Waals surface area (Å²) in [4.78, 5) is 12.2. The highest BCUT2D eigenvalue weighted by Gasteiger charge is 2.29. The van der Waals surface area contributed by atoms with Gasteiger partial charge in [0, 0.05) is 11.7 Å². The molecule has 2 N–H and O–H groups in total. The maximum Gasteiger partial charge on any atom is 0.416 e. The molecule has 1 aliphatic rings. The number of alkyl halides is 3. The molecule has 1 aromatic carbocycles. The van der Waals surface area contributed by atoms with E-state index in [1.807, 2.05) is 0 Å². The second-order valence-corrected chi connectivity index (χ2v) is 6.31. The Balaban J connectivity index is 1.59. The van der Waals surface area contributed by atoms with Crippen molar-refractivity contribution in [3.05, 3.63) is 47.7 Å². The summed E-state index contributed by atoms with van der Waals surface area (Å²) in [5, 5.41) is 13.6. The van der Waals surface area contributed by atoms with Gasteiger partial charge in [0.1, 0.15) is 0 Å². The van der Waals surface area contributed by atoms with Gasteiger partial charge >= 0.3 is 6.18 Å². The van der Waals surface area contributed by atoms with Crippen molar-refractivity contribution in [3.8, 4) is 0 Å². The highest BCUT2D eigenvalue weighted by molar-refractivity contribution is 5.92. The van der Waals surface area contributed by atoms with Gasteiger partial charge in [0.25, 0.3) is 5.91 Å². The Bertz CT molecular complexity index is 739. The number of hydrogen-bond donors (Lipinski definition) is 2. The lowest BCUT2D eigenvalue weighted by atomic mass is 9.95. The highest BCUT2D eigenvalue weighted by atomic mass is 19.4. The summed E-state index contributed by atoms with van der Waals surface area (Å²) < 4.78 is 37.7. The van der Waals surface area contributed by atoms with Gasteiger partial charge in [0.15, 0.2) is 11.5 Å². The Morgan fingerprint density at radius 3 is 2.23 bits per heavy atom. The standard InChI is InChI=1S/C18H19F3N4O/c19-18(20,21)12-6-8-14(9-7-12)22-16-11-10-15(24-25-16)17(26)23-13-4-2-1-3-5-13/h6-11,13H,1-5H2,(H,22,25)(H,23,26). The van der Waals surface area contributed by atoms with Gasteiger partial charge in [-0.2, -0.15) is 13.2 Å². The largest absolute Gasteiger partial charge is 0.416 e. The summed E-state index contributed by atoms with van der Waals surface area (Å²) >= 11 is 0. The molecular formula is C18H19F3N4O. The van der Waals surface area contributed by atoms with E-state index in [2.05, 4.69) is 20.8 Å². The van der Waals surface area contributed by atoms with Crippen molar-refractivity contribution >= 4 is 17.4 Å². The van der Waals surface area contributed by atoms with Crippen LogP contribution < -0.4 is 10.6 Å². The monoisotopic (exact) mass is 364 g/mol. The molecule has 3 rings (SSSR count). The molecule has 0 bridgehead atoms. The first-order chi connectivity index (χ1) is 12.4. The van der Waals surface area contributed by atoms with Gasteiger partial charge < -0.3 is 10.6 Å². The van der Waals surface area contributed by atoms with Crippen LogP contribution in [0.5, 0.6) is 0 Å². The zero-order valence-electron chi connectivity index (χ0n) is 14.0. The fraction of sp³-hybridized carbons (Fsp3) is 0.389. The number of carbonyl (C=O) groups is 1. The Morgan fingerprint density at radius 1 is 0.962 bits per heavy atom. The molecule has 0 radical (unpaired) electrons. The van der Waals surface area contributed by atoms with Gasteiger partial charge in [-0.25, -0.2) is 0 Å². The number of carbonyl (C=O) groups excluding carboxylic acids is 1.